The van der Waals surface area contributed by atoms with E-state index in [0.29, 0.717) is 6.61 Å². The maximum atomic E-state index is 8.66. The van der Waals surface area contributed by atoms with Crippen LogP contribution in [0, 0.1) is 0 Å². The van der Waals surface area contributed by atoms with Crippen molar-refractivity contribution in [1.29, 1.82) is 0 Å². The highest BCUT2D eigenvalue weighted by Crippen LogP contribution is 2.25. The Morgan fingerprint density at radius 1 is 1.19 bits per heavy atom. The van der Waals surface area contributed by atoms with Crippen LogP contribution in [0.2, 0.25) is 0 Å². The summed E-state index contributed by atoms with van der Waals surface area (Å²) in [4.78, 5) is 0. The summed E-state index contributed by atoms with van der Waals surface area (Å²) < 4.78 is 1.36. The third kappa shape index (κ3) is 2.82. The minimum absolute atomic E-state index is 0.295. The molecule has 0 aliphatic rings. The molecule has 0 radical (unpaired) electrons. The lowest BCUT2D eigenvalue weighted by molar-refractivity contribution is 0.283. The van der Waals surface area contributed by atoms with Crippen molar-refractivity contribution in [2.45, 2.75) is 19.4 Å². The van der Waals surface area contributed by atoms with Gasteiger partial charge in [-0.2, -0.15) is 0 Å². The standard InChI is InChI=1S/C13H17NOS/c15-8-4-3-7-14-9-11-10-16-13-6-2-1-5-12(11)13/h1-2,5-6,10,14-15H,3-4,7-9H2. The number of benzene rings is 1. The molecule has 0 unspecified atom stereocenters. The lowest BCUT2D eigenvalue weighted by Crippen LogP contribution is -2.14. The number of fused-ring (bicyclic) bond motifs is 1. The molecule has 0 fully saturated rings. The van der Waals surface area contributed by atoms with Gasteiger partial charge in [-0.1, -0.05) is 18.2 Å². The zero-order valence-electron chi connectivity index (χ0n) is 9.28. The minimum Gasteiger partial charge on any atom is -0.396 e. The van der Waals surface area contributed by atoms with Crippen LogP contribution in [0.3, 0.4) is 0 Å². The molecule has 0 saturated heterocycles. The van der Waals surface area contributed by atoms with Crippen molar-refractivity contribution in [3.05, 3.63) is 35.2 Å². The van der Waals surface area contributed by atoms with E-state index in [4.69, 9.17) is 5.11 Å². The molecule has 2 nitrogen and oxygen atoms in total. The molecular weight excluding hydrogens is 218 g/mol. The third-order valence-electron chi connectivity index (χ3n) is 2.64. The van der Waals surface area contributed by atoms with Crippen LogP contribution in [-0.2, 0) is 6.54 Å². The molecule has 1 aromatic heterocycles. The molecule has 0 aliphatic carbocycles. The molecule has 0 bridgehead atoms. The fraction of sp³-hybridized carbons (Fsp3) is 0.385. The van der Waals surface area contributed by atoms with Crippen LogP contribution in [-0.4, -0.2) is 18.3 Å². The van der Waals surface area contributed by atoms with Crippen LogP contribution in [0.5, 0.6) is 0 Å². The van der Waals surface area contributed by atoms with E-state index < -0.39 is 0 Å². The predicted molar refractivity (Wildman–Crippen MR) is 69.9 cm³/mol. The minimum atomic E-state index is 0.295. The summed E-state index contributed by atoms with van der Waals surface area (Å²) in [5.74, 6) is 0. The van der Waals surface area contributed by atoms with Gasteiger partial charge >= 0.3 is 0 Å². The molecule has 2 rings (SSSR count). The number of hydrogen-bond donors (Lipinski definition) is 2. The van der Waals surface area contributed by atoms with E-state index in [0.717, 1.165) is 25.9 Å². The van der Waals surface area contributed by atoms with Crippen LogP contribution in [0.25, 0.3) is 10.1 Å². The molecule has 1 aromatic carbocycles. The van der Waals surface area contributed by atoms with Crippen molar-refractivity contribution in [3.8, 4) is 0 Å². The maximum absolute atomic E-state index is 8.66. The molecule has 2 N–H and O–H groups in total. The van der Waals surface area contributed by atoms with Crippen LogP contribution < -0.4 is 5.32 Å². The van der Waals surface area contributed by atoms with Gasteiger partial charge in [-0.15, -0.1) is 11.3 Å². The lowest BCUT2D eigenvalue weighted by atomic mass is 10.2. The highest BCUT2D eigenvalue weighted by Gasteiger charge is 2.01. The molecule has 0 saturated carbocycles. The Kier molecular flexibility index (Phi) is 4.34. The molecule has 3 heteroatoms. The van der Waals surface area contributed by atoms with Gasteiger partial charge in [0.25, 0.3) is 0 Å². The fourth-order valence-corrected chi connectivity index (χ4v) is 2.72. The number of aliphatic hydroxyl groups excluding tert-OH is 1. The van der Waals surface area contributed by atoms with Crippen molar-refractivity contribution >= 4 is 21.4 Å². The summed E-state index contributed by atoms with van der Waals surface area (Å²) in [6.45, 7) is 2.20. The number of hydrogen-bond acceptors (Lipinski definition) is 3. The van der Waals surface area contributed by atoms with E-state index in [1.807, 2.05) is 0 Å². The number of rotatable bonds is 6. The summed E-state index contributed by atoms with van der Waals surface area (Å²) >= 11 is 1.80. The first-order valence-electron chi connectivity index (χ1n) is 5.68. The normalized spacial score (nSPS) is 11.1. The molecule has 1 heterocycles. The van der Waals surface area contributed by atoms with Gasteiger partial charge in [0.15, 0.2) is 0 Å². The first-order valence-corrected chi connectivity index (χ1v) is 6.56. The average Bonchev–Trinajstić information content (AvgIpc) is 2.73. The van der Waals surface area contributed by atoms with Crippen LogP contribution in [0.15, 0.2) is 29.6 Å². The largest absolute Gasteiger partial charge is 0.396 e. The predicted octanol–water partition coefficient (Wildman–Crippen LogP) is 2.76. The van der Waals surface area contributed by atoms with E-state index >= 15 is 0 Å². The van der Waals surface area contributed by atoms with Crippen molar-refractivity contribution in [1.82, 2.24) is 5.32 Å². The highest BCUT2D eigenvalue weighted by molar-refractivity contribution is 7.17. The van der Waals surface area contributed by atoms with Gasteiger partial charge in [0.2, 0.25) is 0 Å². The van der Waals surface area contributed by atoms with Gasteiger partial charge < -0.3 is 10.4 Å². The second kappa shape index (κ2) is 5.99. The molecule has 16 heavy (non-hydrogen) atoms. The Morgan fingerprint density at radius 2 is 2.06 bits per heavy atom. The second-order valence-corrected chi connectivity index (χ2v) is 4.78. The monoisotopic (exact) mass is 235 g/mol. The van der Waals surface area contributed by atoms with Crippen molar-refractivity contribution in [2.75, 3.05) is 13.2 Å². The second-order valence-electron chi connectivity index (χ2n) is 3.86. The Hall–Kier alpha value is -0.900. The molecule has 0 atom stereocenters. The summed E-state index contributed by atoms with van der Waals surface area (Å²) in [7, 11) is 0. The fourth-order valence-electron chi connectivity index (χ4n) is 1.75. The zero-order chi connectivity index (χ0) is 11.2. The Labute approximate surface area is 99.9 Å². The van der Waals surface area contributed by atoms with Crippen LogP contribution in [0.1, 0.15) is 18.4 Å². The SMILES string of the molecule is OCCCCNCc1csc2ccccc12. The topological polar surface area (TPSA) is 32.3 Å². The summed E-state index contributed by atoms with van der Waals surface area (Å²) in [6, 6.07) is 8.51. The van der Waals surface area contributed by atoms with E-state index in [1.54, 1.807) is 11.3 Å². The molecule has 0 spiro atoms. The summed E-state index contributed by atoms with van der Waals surface area (Å²) in [5.41, 5.74) is 1.38. The molecule has 0 aliphatic heterocycles. The number of aliphatic hydroxyl groups is 1. The van der Waals surface area contributed by atoms with E-state index in [-0.39, 0.29) is 0 Å². The van der Waals surface area contributed by atoms with Crippen LogP contribution >= 0.6 is 11.3 Å². The van der Waals surface area contributed by atoms with Crippen molar-refractivity contribution in [2.24, 2.45) is 0 Å². The Balaban J connectivity index is 1.89. The summed E-state index contributed by atoms with van der Waals surface area (Å²) in [5, 5.41) is 15.7. The molecular formula is C13H17NOS. The van der Waals surface area contributed by atoms with E-state index in [2.05, 4.69) is 35.0 Å². The Morgan fingerprint density at radius 3 is 2.94 bits per heavy atom. The number of unbranched alkanes of at least 4 members (excludes halogenated alkanes) is 1. The van der Waals surface area contributed by atoms with E-state index in [1.165, 1.54) is 15.6 Å². The number of thiophene rings is 1. The smallest absolute Gasteiger partial charge is 0.0431 e. The van der Waals surface area contributed by atoms with Gasteiger partial charge in [-0.05, 0) is 41.8 Å². The first-order chi connectivity index (χ1) is 7.92. The first kappa shape index (κ1) is 11.6. The quantitative estimate of drug-likeness (QED) is 0.755. The molecule has 0 amide bonds. The van der Waals surface area contributed by atoms with Crippen molar-refractivity contribution < 1.29 is 5.11 Å². The third-order valence-corrected chi connectivity index (χ3v) is 3.65. The lowest BCUT2D eigenvalue weighted by Gasteiger charge is -2.02. The van der Waals surface area contributed by atoms with Gasteiger partial charge in [0.05, 0.1) is 0 Å². The van der Waals surface area contributed by atoms with Gasteiger partial charge in [0.1, 0.15) is 0 Å². The van der Waals surface area contributed by atoms with Crippen LogP contribution in [0.4, 0.5) is 0 Å². The zero-order valence-corrected chi connectivity index (χ0v) is 10.1. The van der Waals surface area contributed by atoms with Gasteiger partial charge in [-0.3, -0.25) is 0 Å². The molecule has 86 valence electrons. The van der Waals surface area contributed by atoms with Gasteiger partial charge in [0, 0.05) is 17.9 Å². The van der Waals surface area contributed by atoms with Crippen molar-refractivity contribution in [3.63, 3.8) is 0 Å². The summed E-state index contributed by atoms with van der Waals surface area (Å²) in [6.07, 6.45) is 1.93. The average molecular weight is 235 g/mol. The molecule has 2 aromatic rings. The highest BCUT2D eigenvalue weighted by atomic mass is 32.1. The van der Waals surface area contributed by atoms with E-state index in [9.17, 15) is 0 Å². The Bertz CT molecular complexity index is 438. The number of nitrogens with one attached hydrogen (secondary N) is 1. The van der Waals surface area contributed by atoms with Gasteiger partial charge in [-0.25, -0.2) is 0 Å². The maximum Gasteiger partial charge on any atom is 0.0431 e.